The molecule has 1 aliphatic rings. The number of benzene rings is 2. The number of methoxy groups -OCH3 is 2. The lowest BCUT2D eigenvalue weighted by atomic mass is 10.2. The molecular weight excluding hydrogens is 410 g/mol. The van der Waals surface area contributed by atoms with Gasteiger partial charge in [-0.15, -0.1) is 0 Å². The fraction of sp³-hybridized carbons (Fsp3) is 0.300. The van der Waals surface area contributed by atoms with Crippen LogP contribution in [0.15, 0.2) is 52.5 Å². The summed E-state index contributed by atoms with van der Waals surface area (Å²) in [6, 6.07) is 11.0. The largest absolute Gasteiger partial charge is 0.493 e. The summed E-state index contributed by atoms with van der Waals surface area (Å²) in [5.41, 5.74) is 3.42. The van der Waals surface area contributed by atoms with Crippen LogP contribution in [0.2, 0.25) is 0 Å². The van der Waals surface area contributed by atoms with Crippen LogP contribution in [0, 0.1) is 0 Å². The van der Waals surface area contributed by atoms with Crippen LogP contribution in [0.3, 0.4) is 0 Å². The zero-order valence-corrected chi connectivity index (χ0v) is 17.5. The Morgan fingerprint density at radius 1 is 1.07 bits per heavy atom. The number of hydrazone groups is 1. The lowest BCUT2D eigenvalue weighted by Gasteiger charge is -2.26. The van der Waals surface area contributed by atoms with Crippen molar-refractivity contribution in [3.63, 3.8) is 0 Å². The summed E-state index contributed by atoms with van der Waals surface area (Å²) in [7, 11) is -0.524. The summed E-state index contributed by atoms with van der Waals surface area (Å²) in [4.78, 5) is 12.4. The minimum Gasteiger partial charge on any atom is -0.493 e. The van der Waals surface area contributed by atoms with E-state index in [-0.39, 0.29) is 4.90 Å². The summed E-state index contributed by atoms with van der Waals surface area (Å²) in [5, 5.41) is 3.93. The van der Waals surface area contributed by atoms with Crippen LogP contribution < -0.4 is 14.9 Å². The molecule has 0 atom stereocenters. The highest BCUT2D eigenvalue weighted by atomic mass is 32.2. The molecule has 0 aromatic heterocycles. The molecule has 160 valence electrons. The van der Waals surface area contributed by atoms with E-state index in [0.29, 0.717) is 48.9 Å². The summed E-state index contributed by atoms with van der Waals surface area (Å²) in [5.74, 6) is 0.678. The molecule has 9 nitrogen and oxygen atoms in total. The van der Waals surface area contributed by atoms with E-state index < -0.39 is 15.9 Å². The molecule has 3 rings (SSSR count). The zero-order chi connectivity index (χ0) is 21.6. The van der Waals surface area contributed by atoms with Gasteiger partial charge in [0.15, 0.2) is 11.5 Å². The van der Waals surface area contributed by atoms with Gasteiger partial charge in [0, 0.05) is 18.7 Å². The Hall–Kier alpha value is -2.95. The van der Waals surface area contributed by atoms with E-state index in [0.717, 1.165) is 0 Å². The van der Waals surface area contributed by atoms with Crippen LogP contribution in [0.4, 0.5) is 0 Å². The third kappa shape index (κ3) is 4.96. The van der Waals surface area contributed by atoms with Gasteiger partial charge in [0.25, 0.3) is 5.91 Å². The van der Waals surface area contributed by atoms with Gasteiger partial charge >= 0.3 is 0 Å². The SMILES string of the molecule is COc1ccc(/C=N/NC(=O)c2ccc(S(=O)(=O)N3CCOCC3)cc2)cc1OC. The molecule has 2 aromatic rings. The molecule has 0 saturated carbocycles. The molecule has 0 aliphatic carbocycles. The molecule has 2 aromatic carbocycles. The average molecular weight is 433 g/mol. The van der Waals surface area contributed by atoms with Crippen LogP contribution in [-0.2, 0) is 14.8 Å². The number of carbonyl (C=O) groups excluding carboxylic acids is 1. The van der Waals surface area contributed by atoms with Crippen molar-refractivity contribution >= 4 is 22.1 Å². The summed E-state index contributed by atoms with van der Waals surface area (Å²) >= 11 is 0. The molecule has 1 N–H and O–H groups in total. The first-order valence-corrected chi connectivity index (χ1v) is 10.6. The molecule has 0 spiro atoms. The van der Waals surface area contributed by atoms with E-state index in [9.17, 15) is 13.2 Å². The topological polar surface area (TPSA) is 107 Å². The highest BCUT2D eigenvalue weighted by Gasteiger charge is 2.26. The smallest absolute Gasteiger partial charge is 0.271 e. The number of ether oxygens (including phenoxy) is 3. The maximum Gasteiger partial charge on any atom is 0.271 e. The van der Waals surface area contributed by atoms with E-state index in [1.807, 2.05) is 0 Å². The van der Waals surface area contributed by atoms with Crippen molar-refractivity contribution in [3.8, 4) is 11.5 Å². The van der Waals surface area contributed by atoms with Crippen molar-refractivity contribution in [1.29, 1.82) is 0 Å². The van der Waals surface area contributed by atoms with Crippen molar-refractivity contribution in [2.45, 2.75) is 4.90 Å². The Morgan fingerprint density at radius 2 is 1.73 bits per heavy atom. The van der Waals surface area contributed by atoms with E-state index >= 15 is 0 Å². The van der Waals surface area contributed by atoms with Gasteiger partial charge in [-0.05, 0) is 48.0 Å². The zero-order valence-electron chi connectivity index (χ0n) is 16.7. The van der Waals surface area contributed by atoms with E-state index in [1.165, 1.54) is 41.9 Å². The molecule has 30 heavy (non-hydrogen) atoms. The maximum atomic E-state index is 12.6. The number of nitrogens with zero attached hydrogens (tertiary/aromatic N) is 2. The number of sulfonamides is 1. The quantitative estimate of drug-likeness (QED) is 0.524. The molecule has 1 aliphatic heterocycles. The van der Waals surface area contributed by atoms with Crippen molar-refractivity contribution in [2.75, 3.05) is 40.5 Å². The standard InChI is InChI=1S/C20H23N3O6S/c1-27-18-8-3-15(13-19(18)28-2)14-21-22-20(24)16-4-6-17(7-5-16)30(25,26)23-9-11-29-12-10-23/h3-8,13-14H,9-12H2,1-2H3,(H,22,24)/b21-14+. The normalized spacial score (nSPS) is 15.1. The van der Waals surface area contributed by atoms with Crippen LogP contribution >= 0.6 is 0 Å². The van der Waals surface area contributed by atoms with Gasteiger partial charge in [-0.3, -0.25) is 4.79 Å². The van der Waals surface area contributed by atoms with Crippen molar-refractivity contribution in [2.24, 2.45) is 5.10 Å². The highest BCUT2D eigenvalue weighted by molar-refractivity contribution is 7.89. The van der Waals surface area contributed by atoms with Crippen LogP contribution in [0.5, 0.6) is 11.5 Å². The summed E-state index contributed by atoms with van der Waals surface area (Å²) in [6.45, 7) is 1.38. The summed E-state index contributed by atoms with van der Waals surface area (Å²) < 4.78 is 42.2. The second kappa shape index (κ2) is 9.70. The molecule has 1 amide bonds. The van der Waals surface area contributed by atoms with Crippen molar-refractivity contribution in [1.82, 2.24) is 9.73 Å². The predicted octanol–water partition coefficient (Wildman–Crippen LogP) is 1.49. The first-order valence-electron chi connectivity index (χ1n) is 9.19. The van der Waals surface area contributed by atoms with Gasteiger partial charge in [0.2, 0.25) is 10.0 Å². The molecule has 0 bridgehead atoms. The number of morpholine rings is 1. The third-order valence-corrected chi connectivity index (χ3v) is 6.42. The Bertz CT molecular complexity index is 1020. The van der Waals surface area contributed by atoms with E-state index in [2.05, 4.69) is 10.5 Å². The second-order valence-corrected chi connectivity index (χ2v) is 8.29. The van der Waals surface area contributed by atoms with Gasteiger partial charge in [0.05, 0.1) is 38.5 Å². The minimum absolute atomic E-state index is 0.134. The fourth-order valence-corrected chi connectivity index (χ4v) is 4.29. The monoisotopic (exact) mass is 433 g/mol. The van der Waals surface area contributed by atoms with E-state index in [4.69, 9.17) is 14.2 Å². The number of nitrogens with one attached hydrogen (secondary N) is 1. The van der Waals surface area contributed by atoms with Gasteiger partial charge in [-0.2, -0.15) is 9.41 Å². The van der Waals surface area contributed by atoms with Gasteiger partial charge in [-0.1, -0.05) is 0 Å². The number of hydrogen-bond acceptors (Lipinski definition) is 7. The predicted molar refractivity (Wildman–Crippen MR) is 111 cm³/mol. The Morgan fingerprint density at radius 3 is 2.37 bits per heavy atom. The molecule has 0 radical (unpaired) electrons. The Balaban J connectivity index is 1.64. The van der Waals surface area contributed by atoms with Crippen molar-refractivity contribution < 1.29 is 27.4 Å². The molecule has 1 fully saturated rings. The molecule has 0 unspecified atom stereocenters. The van der Waals surface area contributed by atoms with Crippen molar-refractivity contribution in [3.05, 3.63) is 53.6 Å². The first-order chi connectivity index (χ1) is 14.5. The van der Waals surface area contributed by atoms with Crippen LogP contribution in [0.25, 0.3) is 0 Å². The molecule has 1 saturated heterocycles. The average Bonchev–Trinajstić information content (AvgIpc) is 2.79. The molecule has 10 heteroatoms. The molecule has 1 heterocycles. The van der Waals surface area contributed by atoms with Gasteiger partial charge in [0.1, 0.15) is 0 Å². The summed E-state index contributed by atoms with van der Waals surface area (Å²) in [6.07, 6.45) is 1.47. The lowest BCUT2D eigenvalue weighted by Crippen LogP contribution is -2.40. The van der Waals surface area contributed by atoms with Crippen LogP contribution in [0.1, 0.15) is 15.9 Å². The third-order valence-electron chi connectivity index (χ3n) is 4.51. The maximum absolute atomic E-state index is 12.6. The highest BCUT2D eigenvalue weighted by Crippen LogP contribution is 2.26. The van der Waals surface area contributed by atoms with Gasteiger partial charge in [-0.25, -0.2) is 13.8 Å². The van der Waals surface area contributed by atoms with Gasteiger partial charge < -0.3 is 14.2 Å². The Kier molecular flexibility index (Phi) is 7.03. The Labute approximate surface area is 175 Å². The van der Waals surface area contributed by atoms with Crippen LogP contribution in [-0.4, -0.2) is 65.4 Å². The second-order valence-electron chi connectivity index (χ2n) is 6.35. The number of hydrogen-bond donors (Lipinski definition) is 1. The number of carbonyl (C=O) groups is 1. The first kappa shape index (κ1) is 21.8. The minimum atomic E-state index is -3.60. The van der Waals surface area contributed by atoms with E-state index in [1.54, 1.807) is 25.3 Å². The number of rotatable bonds is 7. The fourth-order valence-electron chi connectivity index (χ4n) is 2.88. The lowest BCUT2D eigenvalue weighted by molar-refractivity contribution is 0.0730. The number of amides is 1. The molecular formula is C20H23N3O6S.